The zero-order valence-corrected chi connectivity index (χ0v) is 16.9. The number of Topliss-reactive ketones (excluding diaryl/α,β-unsaturated/α-hetero) is 1. The third-order valence-corrected chi connectivity index (χ3v) is 5.42. The summed E-state index contributed by atoms with van der Waals surface area (Å²) in [7, 11) is 0. The summed E-state index contributed by atoms with van der Waals surface area (Å²) in [6.07, 6.45) is 0.906. The van der Waals surface area contributed by atoms with Crippen LogP contribution in [-0.4, -0.2) is 30.8 Å². The first-order valence-corrected chi connectivity index (χ1v) is 9.86. The van der Waals surface area contributed by atoms with Crippen LogP contribution in [0.3, 0.4) is 0 Å². The van der Waals surface area contributed by atoms with Crippen LogP contribution in [0.4, 0.5) is 14.5 Å². The molecule has 3 rings (SSSR count). The maximum atomic E-state index is 13.3. The summed E-state index contributed by atoms with van der Waals surface area (Å²) in [5.74, 6) is -4.14. The fraction of sp³-hybridized carbons (Fsp3) is 0.348. The Hall–Kier alpha value is -3.09. The van der Waals surface area contributed by atoms with E-state index in [4.69, 9.17) is 4.74 Å². The van der Waals surface area contributed by atoms with Crippen molar-refractivity contribution in [1.82, 2.24) is 0 Å². The van der Waals surface area contributed by atoms with Crippen molar-refractivity contribution >= 4 is 23.3 Å². The van der Waals surface area contributed by atoms with Gasteiger partial charge in [0.2, 0.25) is 5.91 Å². The minimum atomic E-state index is -1.15. The van der Waals surface area contributed by atoms with Gasteiger partial charge in [-0.05, 0) is 42.2 Å². The summed E-state index contributed by atoms with van der Waals surface area (Å²) in [5, 5.41) is 0. The molecule has 0 unspecified atom stereocenters. The Labute approximate surface area is 173 Å². The lowest BCUT2D eigenvalue weighted by molar-refractivity contribution is -0.147. The van der Waals surface area contributed by atoms with Crippen molar-refractivity contribution in [3.8, 4) is 0 Å². The molecule has 158 valence electrons. The Morgan fingerprint density at radius 2 is 1.90 bits per heavy atom. The van der Waals surface area contributed by atoms with Gasteiger partial charge in [-0.15, -0.1) is 0 Å². The second-order valence-electron chi connectivity index (χ2n) is 7.43. The van der Waals surface area contributed by atoms with E-state index in [1.165, 1.54) is 0 Å². The molecule has 2 atom stereocenters. The van der Waals surface area contributed by atoms with Crippen LogP contribution >= 0.6 is 0 Å². The van der Waals surface area contributed by atoms with Gasteiger partial charge in [0.05, 0.1) is 5.92 Å². The number of carbonyl (C=O) groups excluding carboxylic acids is 3. The molecule has 2 aromatic carbocycles. The zero-order chi connectivity index (χ0) is 21.8. The van der Waals surface area contributed by atoms with E-state index in [2.05, 4.69) is 13.8 Å². The number of esters is 1. The highest BCUT2D eigenvalue weighted by Crippen LogP contribution is 2.33. The highest BCUT2D eigenvalue weighted by molar-refractivity contribution is 6.01. The molecular weight excluding hydrogens is 392 g/mol. The number of para-hydroxylation sites is 1. The Morgan fingerprint density at radius 3 is 2.60 bits per heavy atom. The molecule has 0 aliphatic carbocycles. The molecule has 0 radical (unpaired) electrons. The third kappa shape index (κ3) is 4.56. The molecule has 7 heteroatoms. The molecule has 0 aromatic heterocycles. The summed E-state index contributed by atoms with van der Waals surface area (Å²) in [6.45, 7) is 3.72. The van der Waals surface area contributed by atoms with Gasteiger partial charge in [-0.1, -0.05) is 32.0 Å². The Kier molecular flexibility index (Phi) is 6.59. The number of ether oxygens (including phenoxy) is 1. The molecule has 1 saturated heterocycles. The number of nitrogens with zero attached hydrogens (tertiary/aromatic N) is 1. The lowest BCUT2D eigenvalue weighted by Gasteiger charge is -2.23. The monoisotopic (exact) mass is 415 g/mol. The quantitative estimate of drug-likeness (QED) is 0.501. The predicted octanol–water partition coefficient (Wildman–Crippen LogP) is 4.26. The number of amides is 1. The highest BCUT2D eigenvalue weighted by Gasteiger charge is 2.37. The van der Waals surface area contributed by atoms with Crippen LogP contribution in [0.1, 0.15) is 48.5 Å². The van der Waals surface area contributed by atoms with Crippen molar-refractivity contribution in [1.29, 1.82) is 0 Å². The highest BCUT2D eigenvalue weighted by atomic mass is 19.2. The Morgan fingerprint density at radius 1 is 1.17 bits per heavy atom. The van der Waals surface area contributed by atoms with Crippen LogP contribution in [0.5, 0.6) is 0 Å². The molecule has 1 aliphatic heterocycles. The number of carbonyl (C=O) groups is 3. The minimum absolute atomic E-state index is 0.00690. The fourth-order valence-electron chi connectivity index (χ4n) is 3.48. The van der Waals surface area contributed by atoms with Crippen LogP contribution in [-0.2, 0) is 14.3 Å². The predicted molar refractivity (Wildman–Crippen MR) is 107 cm³/mol. The number of anilines is 1. The molecule has 1 aliphatic rings. The molecule has 0 spiro atoms. The van der Waals surface area contributed by atoms with E-state index in [-0.39, 0.29) is 30.4 Å². The van der Waals surface area contributed by atoms with Gasteiger partial charge in [0, 0.05) is 24.2 Å². The van der Waals surface area contributed by atoms with Crippen molar-refractivity contribution in [3.63, 3.8) is 0 Å². The normalized spacial score (nSPS) is 17.1. The van der Waals surface area contributed by atoms with E-state index >= 15 is 0 Å². The largest absolute Gasteiger partial charge is 0.457 e. The number of hydrogen-bond acceptors (Lipinski definition) is 4. The molecule has 1 fully saturated rings. The summed E-state index contributed by atoms with van der Waals surface area (Å²) in [6, 6.07) is 10.3. The maximum absolute atomic E-state index is 13.3. The van der Waals surface area contributed by atoms with Crippen LogP contribution in [0.15, 0.2) is 42.5 Å². The van der Waals surface area contributed by atoms with Gasteiger partial charge >= 0.3 is 5.97 Å². The van der Waals surface area contributed by atoms with Crippen molar-refractivity contribution < 1.29 is 27.9 Å². The SMILES string of the molecule is CC[C@H](C)c1ccccc1N1C[C@H](C(=O)OCC(=O)c2ccc(F)c(F)c2)CC1=O. The standard InChI is InChI=1S/C23H23F2NO4/c1-3-14(2)17-6-4-5-7-20(17)26-12-16(11-22(26)28)23(29)30-13-21(27)15-8-9-18(24)19(25)10-15/h4-10,14,16H,3,11-13H2,1-2H3/t14-,16+/m0/s1. The lowest BCUT2D eigenvalue weighted by atomic mass is 9.96. The third-order valence-electron chi connectivity index (χ3n) is 5.42. The second kappa shape index (κ2) is 9.15. The number of halogens is 2. The minimum Gasteiger partial charge on any atom is -0.457 e. The molecule has 0 N–H and O–H groups in total. The molecule has 0 saturated carbocycles. The molecule has 30 heavy (non-hydrogen) atoms. The molecular formula is C23H23F2NO4. The number of rotatable bonds is 7. The van der Waals surface area contributed by atoms with E-state index in [0.717, 1.165) is 35.9 Å². The van der Waals surface area contributed by atoms with Crippen LogP contribution in [0.25, 0.3) is 0 Å². The molecule has 1 heterocycles. The average molecular weight is 415 g/mol. The summed E-state index contributed by atoms with van der Waals surface area (Å²) < 4.78 is 31.3. The first kappa shape index (κ1) is 21.6. The molecule has 2 aromatic rings. The van der Waals surface area contributed by atoms with Crippen LogP contribution < -0.4 is 4.90 Å². The van der Waals surface area contributed by atoms with Gasteiger partial charge < -0.3 is 9.64 Å². The smallest absolute Gasteiger partial charge is 0.311 e. The second-order valence-corrected chi connectivity index (χ2v) is 7.43. The van der Waals surface area contributed by atoms with Gasteiger partial charge in [-0.25, -0.2) is 8.78 Å². The Balaban J connectivity index is 1.64. The van der Waals surface area contributed by atoms with E-state index in [0.29, 0.717) is 0 Å². The van der Waals surface area contributed by atoms with Gasteiger partial charge in [0.25, 0.3) is 0 Å². The number of ketones is 1. The first-order chi connectivity index (χ1) is 14.3. The topological polar surface area (TPSA) is 63.7 Å². The average Bonchev–Trinajstić information content (AvgIpc) is 3.14. The number of benzene rings is 2. The maximum Gasteiger partial charge on any atom is 0.311 e. The van der Waals surface area contributed by atoms with Gasteiger partial charge in [-0.3, -0.25) is 14.4 Å². The molecule has 5 nitrogen and oxygen atoms in total. The van der Waals surface area contributed by atoms with E-state index in [1.54, 1.807) is 4.90 Å². The van der Waals surface area contributed by atoms with E-state index in [9.17, 15) is 23.2 Å². The van der Waals surface area contributed by atoms with Gasteiger partial charge in [0.15, 0.2) is 24.0 Å². The lowest BCUT2D eigenvalue weighted by Crippen LogP contribution is -2.28. The van der Waals surface area contributed by atoms with Crippen molar-refractivity contribution in [2.45, 2.75) is 32.6 Å². The summed E-state index contributed by atoms with van der Waals surface area (Å²) in [5.41, 5.74) is 1.73. The Bertz CT molecular complexity index is 975. The van der Waals surface area contributed by atoms with Gasteiger partial charge in [-0.2, -0.15) is 0 Å². The van der Waals surface area contributed by atoms with E-state index < -0.39 is 35.9 Å². The first-order valence-electron chi connectivity index (χ1n) is 9.86. The summed E-state index contributed by atoms with van der Waals surface area (Å²) in [4.78, 5) is 38.6. The van der Waals surface area contributed by atoms with Crippen molar-refractivity contribution in [3.05, 3.63) is 65.2 Å². The molecule has 0 bridgehead atoms. The van der Waals surface area contributed by atoms with Gasteiger partial charge in [0.1, 0.15) is 0 Å². The fourth-order valence-corrected chi connectivity index (χ4v) is 3.48. The van der Waals surface area contributed by atoms with Crippen molar-refractivity contribution in [2.24, 2.45) is 5.92 Å². The zero-order valence-electron chi connectivity index (χ0n) is 16.9. The molecule has 1 amide bonds. The van der Waals surface area contributed by atoms with E-state index in [1.807, 2.05) is 24.3 Å². The number of hydrogen-bond donors (Lipinski definition) is 0. The van der Waals surface area contributed by atoms with Crippen LogP contribution in [0.2, 0.25) is 0 Å². The van der Waals surface area contributed by atoms with Crippen LogP contribution in [0, 0.1) is 17.6 Å². The summed E-state index contributed by atoms with van der Waals surface area (Å²) >= 11 is 0. The van der Waals surface area contributed by atoms with Crippen molar-refractivity contribution in [2.75, 3.05) is 18.1 Å².